The summed E-state index contributed by atoms with van der Waals surface area (Å²) in [7, 11) is 1.55. The van der Waals surface area contributed by atoms with E-state index < -0.39 is 0 Å². The maximum Gasteiger partial charge on any atom is 0.317 e. The molecule has 0 aliphatic rings. The third kappa shape index (κ3) is 1.78. The van der Waals surface area contributed by atoms with E-state index in [4.69, 9.17) is 4.74 Å². The number of rotatable bonds is 1. The molecule has 0 N–H and O–H groups in total. The van der Waals surface area contributed by atoms with Crippen molar-refractivity contribution in [3.05, 3.63) is 16.0 Å². The molecule has 0 saturated heterocycles. The molecule has 0 aromatic carbocycles. The van der Waals surface area contributed by atoms with Gasteiger partial charge in [-0.05, 0) is 28.7 Å². The summed E-state index contributed by atoms with van der Waals surface area (Å²) in [6.45, 7) is 0. The Bertz CT molecular complexity index is 204. The van der Waals surface area contributed by atoms with Gasteiger partial charge in [-0.2, -0.15) is 4.98 Å². The fourth-order valence-corrected chi connectivity index (χ4v) is 0.786. The monoisotopic (exact) mass is 236 g/mol. The lowest BCUT2D eigenvalue weighted by atomic mass is 10.7. The van der Waals surface area contributed by atoms with Crippen LogP contribution in [0.15, 0.2) is 12.3 Å². The third-order valence-electron chi connectivity index (χ3n) is 0.782. The molecule has 0 spiro atoms. The predicted molar refractivity (Wildman–Crippen MR) is 41.3 cm³/mol. The second-order valence-electron chi connectivity index (χ2n) is 1.37. The zero-order valence-electron chi connectivity index (χ0n) is 4.84. The lowest BCUT2D eigenvalue weighted by Gasteiger charge is -1.94. The van der Waals surface area contributed by atoms with Crippen molar-refractivity contribution in [1.29, 1.82) is 0 Å². The van der Waals surface area contributed by atoms with Crippen LogP contribution >= 0.6 is 22.6 Å². The van der Waals surface area contributed by atoms with Gasteiger partial charge in [-0.1, -0.05) is 0 Å². The molecule has 1 heterocycles. The molecule has 48 valence electrons. The summed E-state index contributed by atoms with van der Waals surface area (Å²) in [5.41, 5.74) is 0. The molecular weight excluding hydrogens is 231 g/mol. The molecule has 1 aromatic heterocycles. The molecule has 1 rings (SSSR count). The molecule has 0 fully saturated rings. The summed E-state index contributed by atoms with van der Waals surface area (Å²) in [5.74, 6) is 0. The van der Waals surface area contributed by atoms with E-state index >= 15 is 0 Å². The Hall–Kier alpha value is -0.390. The van der Waals surface area contributed by atoms with Gasteiger partial charge < -0.3 is 4.74 Å². The third-order valence-corrected chi connectivity index (χ3v) is 1.38. The van der Waals surface area contributed by atoms with E-state index in [1.165, 1.54) is 0 Å². The highest BCUT2D eigenvalue weighted by Crippen LogP contribution is 2.03. The first-order valence-electron chi connectivity index (χ1n) is 2.35. The number of halogens is 1. The van der Waals surface area contributed by atoms with Gasteiger partial charge in [-0.25, -0.2) is 4.98 Å². The Morgan fingerprint density at radius 2 is 2.44 bits per heavy atom. The van der Waals surface area contributed by atoms with Crippen LogP contribution in [-0.4, -0.2) is 17.1 Å². The molecule has 0 atom stereocenters. The van der Waals surface area contributed by atoms with E-state index in [1.807, 2.05) is 6.07 Å². The average Bonchev–Trinajstić information content (AvgIpc) is 1.88. The Morgan fingerprint density at radius 3 is 2.89 bits per heavy atom. The van der Waals surface area contributed by atoms with Gasteiger partial charge in [0.2, 0.25) is 0 Å². The Labute approximate surface area is 66.6 Å². The highest BCUT2D eigenvalue weighted by molar-refractivity contribution is 14.1. The summed E-state index contributed by atoms with van der Waals surface area (Å²) in [6.07, 6.45) is 1.66. The molecule has 0 unspecified atom stereocenters. The van der Waals surface area contributed by atoms with Crippen LogP contribution in [0.4, 0.5) is 0 Å². The van der Waals surface area contributed by atoms with Crippen LogP contribution in [0, 0.1) is 3.70 Å². The molecule has 9 heavy (non-hydrogen) atoms. The van der Waals surface area contributed by atoms with Crippen molar-refractivity contribution >= 4 is 22.6 Å². The maximum absolute atomic E-state index is 4.77. The van der Waals surface area contributed by atoms with Gasteiger partial charge in [-0.3, -0.25) is 0 Å². The van der Waals surface area contributed by atoms with Gasteiger partial charge in [-0.15, -0.1) is 0 Å². The number of aromatic nitrogens is 2. The normalized spacial score (nSPS) is 9.11. The Morgan fingerprint density at radius 1 is 1.67 bits per heavy atom. The molecule has 0 aliphatic carbocycles. The molecule has 0 bridgehead atoms. The van der Waals surface area contributed by atoms with Gasteiger partial charge >= 0.3 is 6.01 Å². The second-order valence-corrected chi connectivity index (χ2v) is 2.47. The fraction of sp³-hybridized carbons (Fsp3) is 0.200. The molecule has 0 aliphatic heterocycles. The van der Waals surface area contributed by atoms with Gasteiger partial charge in [0.15, 0.2) is 0 Å². The Kier molecular flexibility index (Phi) is 2.21. The van der Waals surface area contributed by atoms with E-state index in [-0.39, 0.29) is 0 Å². The molecule has 0 saturated carbocycles. The van der Waals surface area contributed by atoms with Crippen LogP contribution in [0.1, 0.15) is 0 Å². The molecule has 0 amide bonds. The maximum atomic E-state index is 4.77. The number of ether oxygens (including phenoxy) is 1. The summed E-state index contributed by atoms with van der Waals surface area (Å²) in [6, 6.07) is 2.23. The number of hydrogen-bond acceptors (Lipinski definition) is 3. The zero-order valence-corrected chi connectivity index (χ0v) is 6.99. The minimum Gasteiger partial charge on any atom is -0.467 e. The van der Waals surface area contributed by atoms with E-state index in [9.17, 15) is 0 Å². The van der Waals surface area contributed by atoms with Crippen molar-refractivity contribution in [3.8, 4) is 6.01 Å². The molecule has 0 radical (unpaired) electrons. The van der Waals surface area contributed by atoms with Crippen molar-refractivity contribution in [2.24, 2.45) is 0 Å². The Balaban J connectivity index is 2.94. The SMILES string of the molecule is COc1nccc(I)n1. The van der Waals surface area contributed by atoms with Gasteiger partial charge in [0.05, 0.1) is 7.11 Å². The van der Waals surface area contributed by atoms with Crippen molar-refractivity contribution in [3.63, 3.8) is 0 Å². The first-order chi connectivity index (χ1) is 4.33. The van der Waals surface area contributed by atoms with Gasteiger partial charge in [0.1, 0.15) is 3.70 Å². The lowest BCUT2D eigenvalue weighted by Crippen LogP contribution is -1.91. The van der Waals surface area contributed by atoms with Crippen LogP contribution in [-0.2, 0) is 0 Å². The summed E-state index contributed by atoms with van der Waals surface area (Å²) in [4.78, 5) is 7.76. The highest BCUT2D eigenvalue weighted by atomic mass is 127. The van der Waals surface area contributed by atoms with Crippen LogP contribution in [0.5, 0.6) is 6.01 Å². The topological polar surface area (TPSA) is 35.0 Å². The van der Waals surface area contributed by atoms with Crippen LogP contribution in [0.25, 0.3) is 0 Å². The number of nitrogens with zero attached hydrogens (tertiary/aromatic N) is 2. The largest absolute Gasteiger partial charge is 0.467 e. The second kappa shape index (κ2) is 2.95. The standard InChI is InChI=1S/C5H5IN2O/c1-9-5-7-3-2-4(6)8-5/h2-3H,1H3. The van der Waals surface area contributed by atoms with Crippen molar-refractivity contribution in [2.75, 3.05) is 7.11 Å². The quantitative estimate of drug-likeness (QED) is 0.540. The molecule has 4 heteroatoms. The average molecular weight is 236 g/mol. The smallest absolute Gasteiger partial charge is 0.317 e. The van der Waals surface area contributed by atoms with Crippen molar-refractivity contribution in [2.45, 2.75) is 0 Å². The summed E-state index contributed by atoms with van der Waals surface area (Å²) >= 11 is 2.10. The zero-order chi connectivity index (χ0) is 6.69. The minimum atomic E-state index is 0.418. The van der Waals surface area contributed by atoms with Crippen molar-refractivity contribution in [1.82, 2.24) is 9.97 Å². The molecular formula is C5H5IN2O. The highest BCUT2D eigenvalue weighted by Gasteiger charge is 1.91. The van der Waals surface area contributed by atoms with Crippen LogP contribution in [0.2, 0.25) is 0 Å². The van der Waals surface area contributed by atoms with Crippen LogP contribution < -0.4 is 4.74 Å². The number of hydrogen-bond donors (Lipinski definition) is 0. The van der Waals surface area contributed by atoms with E-state index in [1.54, 1.807) is 13.3 Å². The van der Waals surface area contributed by atoms with Crippen molar-refractivity contribution < 1.29 is 4.74 Å². The predicted octanol–water partition coefficient (Wildman–Crippen LogP) is 1.09. The van der Waals surface area contributed by atoms with Gasteiger partial charge in [0.25, 0.3) is 0 Å². The van der Waals surface area contributed by atoms with E-state index in [2.05, 4.69) is 32.6 Å². The minimum absolute atomic E-state index is 0.418. The van der Waals surface area contributed by atoms with Gasteiger partial charge in [0, 0.05) is 6.20 Å². The van der Waals surface area contributed by atoms with Crippen LogP contribution in [0.3, 0.4) is 0 Å². The summed E-state index contributed by atoms with van der Waals surface area (Å²) < 4.78 is 5.66. The molecule has 1 aromatic rings. The first kappa shape index (κ1) is 6.73. The summed E-state index contributed by atoms with van der Waals surface area (Å²) in [5, 5.41) is 0. The molecule has 3 nitrogen and oxygen atoms in total. The lowest BCUT2D eigenvalue weighted by molar-refractivity contribution is 0.378. The fourth-order valence-electron chi connectivity index (χ4n) is 0.418. The van der Waals surface area contributed by atoms with E-state index in [0.29, 0.717) is 6.01 Å². The van der Waals surface area contributed by atoms with E-state index in [0.717, 1.165) is 3.70 Å². The number of methoxy groups -OCH3 is 1. The first-order valence-corrected chi connectivity index (χ1v) is 3.43.